The first kappa shape index (κ1) is 13.6. The molecule has 1 aliphatic heterocycles. The summed E-state index contributed by atoms with van der Waals surface area (Å²) in [6.45, 7) is 6.40. The summed E-state index contributed by atoms with van der Waals surface area (Å²) in [6, 6.07) is 0. The van der Waals surface area contributed by atoms with E-state index >= 15 is 0 Å². The predicted molar refractivity (Wildman–Crippen MR) is 73.4 cm³/mol. The highest BCUT2D eigenvalue weighted by molar-refractivity contribution is 5.78. The predicted octanol–water partition coefficient (Wildman–Crippen LogP) is 0.754. The number of hydrogen-bond acceptors (Lipinski definition) is 3. The van der Waals surface area contributed by atoms with Crippen molar-refractivity contribution < 1.29 is 4.79 Å². The standard InChI is InChI=1S/C14H25N3O/c18-14(13-5-2-1-3-6-13)16-7-4-10-17-11-8-15-9-12-17/h1-2,13,15H,3-12H2,(H,16,18). The molecule has 2 aliphatic rings. The number of carbonyl (C=O) groups excluding carboxylic acids is 1. The number of amides is 1. The first-order valence-electron chi connectivity index (χ1n) is 7.22. The quantitative estimate of drug-likeness (QED) is 0.560. The van der Waals surface area contributed by atoms with Gasteiger partial charge < -0.3 is 15.5 Å². The molecule has 1 saturated heterocycles. The highest BCUT2D eigenvalue weighted by Crippen LogP contribution is 2.17. The van der Waals surface area contributed by atoms with Gasteiger partial charge in [0.15, 0.2) is 0 Å². The molecule has 18 heavy (non-hydrogen) atoms. The lowest BCUT2D eigenvalue weighted by Crippen LogP contribution is -2.44. The van der Waals surface area contributed by atoms with Crippen LogP contribution in [0.4, 0.5) is 0 Å². The van der Waals surface area contributed by atoms with Crippen LogP contribution in [0.15, 0.2) is 12.2 Å². The van der Waals surface area contributed by atoms with E-state index in [1.165, 1.54) is 0 Å². The van der Waals surface area contributed by atoms with Gasteiger partial charge in [0.25, 0.3) is 0 Å². The normalized spacial score (nSPS) is 25.0. The Kier molecular flexibility index (Phi) is 5.68. The van der Waals surface area contributed by atoms with Crippen LogP contribution in [-0.4, -0.2) is 50.1 Å². The third-order valence-electron chi connectivity index (χ3n) is 3.80. The van der Waals surface area contributed by atoms with Crippen molar-refractivity contribution in [3.63, 3.8) is 0 Å². The summed E-state index contributed by atoms with van der Waals surface area (Å²) < 4.78 is 0. The second-order valence-corrected chi connectivity index (χ2v) is 5.22. The molecule has 0 bridgehead atoms. The number of nitrogens with zero attached hydrogens (tertiary/aromatic N) is 1. The molecule has 102 valence electrons. The van der Waals surface area contributed by atoms with Crippen LogP contribution in [0.2, 0.25) is 0 Å². The minimum Gasteiger partial charge on any atom is -0.356 e. The molecule has 0 aromatic carbocycles. The molecule has 0 radical (unpaired) electrons. The molecule has 4 nitrogen and oxygen atoms in total. The average molecular weight is 251 g/mol. The van der Waals surface area contributed by atoms with Gasteiger partial charge in [0.1, 0.15) is 0 Å². The zero-order valence-electron chi connectivity index (χ0n) is 11.2. The van der Waals surface area contributed by atoms with Crippen LogP contribution in [0.1, 0.15) is 25.7 Å². The lowest BCUT2D eigenvalue weighted by Gasteiger charge is -2.27. The number of piperazine rings is 1. The number of allylic oxidation sites excluding steroid dienone is 2. The summed E-state index contributed by atoms with van der Waals surface area (Å²) in [6.07, 6.45) is 8.36. The van der Waals surface area contributed by atoms with E-state index in [-0.39, 0.29) is 11.8 Å². The van der Waals surface area contributed by atoms with E-state index in [1.807, 2.05) is 0 Å². The van der Waals surface area contributed by atoms with E-state index in [9.17, 15) is 4.79 Å². The molecule has 1 atom stereocenters. The molecule has 4 heteroatoms. The Bertz CT molecular complexity index is 285. The van der Waals surface area contributed by atoms with Gasteiger partial charge in [-0.15, -0.1) is 0 Å². The maximum atomic E-state index is 11.9. The molecule has 1 amide bonds. The Morgan fingerprint density at radius 2 is 2.17 bits per heavy atom. The zero-order valence-corrected chi connectivity index (χ0v) is 11.2. The van der Waals surface area contributed by atoms with Gasteiger partial charge in [0.05, 0.1) is 0 Å². The molecule has 0 aromatic heterocycles. The third kappa shape index (κ3) is 4.42. The van der Waals surface area contributed by atoms with Crippen molar-refractivity contribution in [2.75, 3.05) is 39.3 Å². The van der Waals surface area contributed by atoms with Crippen LogP contribution in [0.5, 0.6) is 0 Å². The Morgan fingerprint density at radius 1 is 1.33 bits per heavy atom. The molecular formula is C14H25N3O. The Balaban J connectivity index is 1.54. The Labute approximate surface area is 110 Å². The van der Waals surface area contributed by atoms with E-state index in [4.69, 9.17) is 0 Å². The molecule has 0 aromatic rings. The summed E-state index contributed by atoms with van der Waals surface area (Å²) in [4.78, 5) is 14.3. The van der Waals surface area contributed by atoms with Gasteiger partial charge in [0.2, 0.25) is 5.91 Å². The molecule has 0 saturated carbocycles. The lowest BCUT2D eigenvalue weighted by molar-refractivity contribution is -0.125. The van der Waals surface area contributed by atoms with Crippen molar-refractivity contribution in [2.24, 2.45) is 5.92 Å². The van der Waals surface area contributed by atoms with Crippen LogP contribution in [-0.2, 0) is 4.79 Å². The van der Waals surface area contributed by atoms with Crippen molar-refractivity contribution in [1.29, 1.82) is 0 Å². The average Bonchev–Trinajstić information content (AvgIpc) is 2.45. The van der Waals surface area contributed by atoms with Crippen LogP contribution in [0.3, 0.4) is 0 Å². The number of hydrogen-bond donors (Lipinski definition) is 2. The van der Waals surface area contributed by atoms with E-state index in [2.05, 4.69) is 27.7 Å². The maximum absolute atomic E-state index is 11.9. The Hall–Kier alpha value is -0.870. The van der Waals surface area contributed by atoms with E-state index < -0.39 is 0 Å². The van der Waals surface area contributed by atoms with Gasteiger partial charge in [-0.05, 0) is 32.2 Å². The molecule has 1 unspecified atom stereocenters. The summed E-state index contributed by atoms with van der Waals surface area (Å²) in [5, 5.41) is 6.43. The number of rotatable bonds is 5. The van der Waals surface area contributed by atoms with E-state index in [1.54, 1.807) is 0 Å². The van der Waals surface area contributed by atoms with Crippen molar-refractivity contribution in [3.8, 4) is 0 Å². The van der Waals surface area contributed by atoms with Crippen LogP contribution in [0, 0.1) is 5.92 Å². The van der Waals surface area contributed by atoms with Gasteiger partial charge in [-0.25, -0.2) is 0 Å². The number of carbonyl (C=O) groups is 1. The first-order valence-corrected chi connectivity index (χ1v) is 7.22. The Morgan fingerprint density at radius 3 is 2.89 bits per heavy atom. The highest BCUT2D eigenvalue weighted by Gasteiger charge is 2.17. The molecular weight excluding hydrogens is 226 g/mol. The summed E-state index contributed by atoms with van der Waals surface area (Å²) in [5.74, 6) is 0.467. The maximum Gasteiger partial charge on any atom is 0.223 e. The fourth-order valence-corrected chi connectivity index (χ4v) is 2.63. The SMILES string of the molecule is O=C(NCCCN1CCNCC1)C1CC=CCC1. The molecule has 0 spiro atoms. The van der Waals surface area contributed by atoms with Gasteiger partial charge in [0, 0.05) is 38.6 Å². The molecule has 1 fully saturated rings. The van der Waals surface area contributed by atoms with Gasteiger partial charge in [-0.1, -0.05) is 12.2 Å². The monoisotopic (exact) mass is 251 g/mol. The largest absolute Gasteiger partial charge is 0.356 e. The van der Waals surface area contributed by atoms with Crippen LogP contribution < -0.4 is 10.6 Å². The van der Waals surface area contributed by atoms with Crippen molar-refractivity contribution >= 4 is 5.91 Å². The van der Waals surface area contributed by atoms with Gasteiger partial charge in [-0.2, -0.15) is 0 Å². The van der Waals surface area contributed by atoms with Crippen molar-refractivity contribution in [2.45, 2.75) is 25.7 Å². The van der Waals surface area contributed by atoms with Gasteiger partial charge in [-0.3, -0.25) is 4.79 Å². The minimum atomic E-state index is 0.217. The first-order chi connectivity index (χ1) is 8.86. The topological polar surface area (TPSA) is 44.4 Å². The number of nitrogens with one attached hydrogen (secondary N) is 2. The smallest absolute Gasteiger partial charge is 0.223 e. The zero-order chi connectivity index (χ0) is 12.6. The molecule has 1 heterocycles. The molecule has 1 aliphatic carbocycles. The van der Waals surface area contributed by atoms with Crippen LogP contribution >= 0.6 is 0 Å². The fourth-order valence-electron chi connectivity index (χ4n) is 2.63. The lowest BCUT2D eigenvalue weighted by atomic mass is 9.94. The second kappa shape index (κ2) is 7.54. The van der Waals surface area contributed by atoms with Gasteiger partial charge >= 0.3 is 0 Å². The second-order valence-electron chi connectivity index (χ2n) is 5.22. The minimum absolute atomic E-state index is 0.217. The van der Waals surface area contributed by atoms with E-state index in [0.717, 1.165) is 65.0 Å². The molecule has 2 N–H and O–H groups in total. The summed E-state index contributed by atoms with van der Waals surface area (Å²) in [5.41, 5.74) is 0. The third-order valence-corrected chi connectivity index (χ3v) is 3.80. The van der Waals surface area contributed by atoms with Crippen molar-refractivity contribution in [1.82, 2.24) is 15.5 Å². The summed E-state index contributed by atoms with van der Waals surface area (Å²) >= 11 is 0. The molecule has 2 rings (SSSR count). The van der Waals surface area contributed by atoms with Crippen LogP contribution in [0.25, 0.3) is 0 Å². The van der Waals surface area contributed by atoms with Crippen molar-refractivity contribution in [3.05, 3.63) is 12.2 Å². The fraction of sp³-hybridized carbons (Fsp3) is 0.786. The summed E-state index contributed by atoms with van der Waals surface area (Å²) in [7, 11) is 0. The highest BCUT2D eigenvalue weighted by atomic mass is 16.1. The van der Waals surface area contributed by atoms with E-state index in [0.29, 0.717) is 0 Å².